The molecule has 6 rings (SSSR count). The van der Waals surface area contributed by atoms with Gasteiger partial charge in [0.15, 0.2) is 0 Å². The first-order valence-corrected chi connectivity index (χ1v) is 12.2. The maximum absolute atomic E-state index is 13.1. The fraction of sp³-hybridized carbons (Fsp3) is 0.310. The van der Waals surface area contributed by atoms with E-state index in [-0.39, 0.29) is 11.8 Å². The van der Waals surface area contributed by atoms with Crippen molar-refractivity contribution in [1.29, 1.82) is 0 Å². The molecule has 3 aliphatic rings. The lowest BCUT2D eigenvalue weighted by Crippen LogP contribution is -2.35. The van der Waals surface area contributed by atoms with Gasteiger partial charge in [0.2, 0.25) is 5.91 Å². The fourth-order valence-electron chi connectivity index (χ4n) is 6.66. The summed E-state index contributed by atoms with van der Waals surface area (Å²) in [4.78, 5) is 24.3. The Morgan fingerprint density at radius 3 is 2.29 bits per heavy atom. The van der Waals surface area contributed by atoms with Crippen molar-refractivity contribution in [2.75, 3.05) is 16.0 Å². The van der Waals surface area contributed by atoms with Crippen LogP contribution in [0.5, 0.6) is 0 Å². The average molecular weight is 452 g/mol. The molecule has 3 aromatic rings. The molecule has 2 amide bonds. The van der Waals surface area contributed by atoms with Crippen LogP contribution in [0.4, 0.5) is 17.1 Å². The molecule has 0 radical (unpaired) electrons. The third-order valence-corrected chi connectivity index (χ3v) is 7.97. The van der Waals surface area contributed by atoms with Gasteiger partial charge in [0.25, 0.3) is 5.91 Å². The van der Waals surface area contributed by atoms with Gasteiger partial charge < -0.3 is 16.0 Å². The highest BCUT2D eigenvalue weighted by Crippen LogP contribution is 2.63. The standard InChI is InChI=1S/C29H29N3O2/c1-17(33)30-22-10-12-23(13-11-22)31-29(34)21-9-14-25-24(16-21)26-19-7-8-20(15-19)27(26)28(32-25)18-5-3-2-4-6-18/h2-6,9-14,16,19-20,26-28,32H,7-8,15H2,1H3,(H,30,33)(H,31,34)/t19-,20-,26-,27+,28-/m0/s1. The molecule has 0 saturated heterocycles. The zero-order valence-corrected chi connectivity index (χ0v) is 19.3. The molecule has 1 heterocycles. The number of anilines is 3. The summed E-state index contributed by atoms with van der Waals surface area (Å²) < 4.78 is 0. The monoisotopic (exact) mass is 451 g/mol. The predicted molar refractivity (Wildman–Crippen MR) is 135 cm³/mol. The summed E-state index contributed by atoms with van der Waals surface area (Å²) in [7, 11) is 0. The molecule has 5 nitrogen and oxygen atoms in total. The summed E-state index contributed by atoms with van der Waals surface area (Å²) in [6.45, 7) is 1.48. The van der Waals surface area contributed by atoms with Crippen LogP contribution in [0.3, 0.4) is 0 Å². The highest BCUT2D eigenvalue weighted by Gasteiger charge is 2.53. The lowest BCUT2D eigenvalue weighted by Gasteiger charge is -2.43. The quantitative estimate of drug-likeness (QED) is 0.443. The first-order valence-electron chi connectivity index (χ1n) is 12.2. The van der Waals surface area contributed by atoms with Gasteiger partial charge in [-0.2, -0.15) is 0 Å². The van der Waals surface area contributed by atoms with Gasteiger partial charge in [-0.25, -0.2) is 0 Å². The number of hydrogen-bond acceptors (Lipinski definition) is 3. The zero-order chi connectivity index (χ0) is 23.2. The van der Waals surface area contributed by atoms with Crippen LogP contribution in [0.1, 0.15) is 59.6 Å². The minimum absolute atomic E-state index is 0.111. The summed E-state index contributed by atoms with van der Waals surface area (Å²) in [5.74, 6) is 2.31. The molecule has 2 fully saturated rings. The van der Waals surface area contributed by atoms with Gasteiger partial charge in [-0.3, -0.25) is 9.59 Å². The van der Waals surface area contributed by atoms with Crippen molar-refractivity contribution in [3.05, 3.63) is 89.5 Å². The van der Waals surface area contributed by atoms with Crippen LogP contribution < -0.4 is 16.0 Å². The zero-order valence-electron chi connectivity index (χ0n) is 19.3. The maximum Gasteiger partial charge on any atom is 0.255 e. The number of carbonyl (C=O) groups excluding carboxylic acids is 2. The van der Waals surface area contributed by atoms with Gasteiger partial charge in [-0.05, 0) is 96.5 Å². The summed E-state index contributed by atoms with van der Waals surface area (Å²) >= 11 is 0. The Bertz CT molecular complexity index is 1240. The predicted octanol–water partition coefficient (Wildman–Crippen LogP) is 6.19. The average Bonchev–Trinajstić information content (AvgIpc) is 3.47. The molecule has 172 valence electrons. The second kappa shape index (κ2) is 8.32. The number of rotatable bonds is 4. The Kier molecular flexibility index (Phi) is 5.13. The van der Waals surface area contributed by atoms with Crippen LogP contribution in [0.2, 0.25) is 0 Å². The van der Waals surface area contributed by atoms with Crippen LogP contribution in [-0.4, -0.2) is 11.8 Å². The molecule has 3 aromatic carbocycles. The number of carbonyl (C=O) groups is 2. The van der Waals surface area contributed by atoms with Gasteiger partial charge in [0.05, 0.1) is 6.04 Å². The van der Waals surface area contributed by atoms with Crippen molar-refractivity contribution >= 4 is 28.9 Å². The summed E-state index contributed by atoms with van der Waals surface area (Å²) in [6.07, 6.45) is 3.92. The van der Waals surface area contributed by atoms with E-state index in [0.717, 1.165) is 5.92 Å². The van der Waals surface area contributed by atoms with Crippen molar-refractivity contribution in [3.8, 4) is 0 Å². The lowest BCUT2D eigenvalue weighted by atomic mass is 9.68. The van der Waals surface area contributed by atoms with Crippen LogP contribution in [0.25, 0.3) is 0 Å². The molecule has 2 aliphatic carbocycles. The molecule has 0 unspecified atom stereocenters. The number of benzene rings is 3. The van der Waals surface area contributed by atoms with Gasteiger partial charge in [0.1, 0.15) is 0 Å². The van der Waals surface area contributed by atoms with Crippen molar-refractivity contribution < 1.29 is 9.59 Å². The van der Waals surface area contributed by atoms with Crippen LogP contribution in [0.15, 0.2) is 72.8 Å². The van der Waals surface area contributed by atoms with E-state index in [1.54, 1.807) is 24.3 Å². The molecule has 0 spiro atoms. The maximum atomic E-state index is 13.1. The van der Waals surface area contributed by atoms with Crippen molar-refractivity contribution in [2.45, 2.75) is 38.1 Å². The third-order valence-electron chi connectivity index (χ3n) is 7.97. The van der Waals surface area contributed by atoms with Crippen molar-refractivity contribution in [3.63, 3.8) is 0 Å². The molecule has 5 heteroatoms. The minimum Gasteiger partial charge on any atom is -0.378 e. The SMILES string of the molecule is CC(=O)Nc1ccc(NC(=O)c2ccc3c(c2)[C@@H]2[C@H]4CC[C@@H](C4)[C@H]2[C@H](c2ccccc2)N3)cc1. The van der Waals surface area contributed by atoms with Crippen LogP contribution >= 0.6 is 0 Å². The molecule has 0 aromatic heterocycles. The number of hydrogen-bond donors (Lipinski definition) is 3. The lowest BCUT2D eigenvalue weighted by molar-refractivity contribution is -0.114. The smallest absolute Gasteiger partial charge is 0.255 e. The van der Waals surface area contributed by atoms with E-state index in [1.807, 2.05) is 6.07 Å². The summed E-state index contributed by atoms with van der Waals surface area (Å²) in [5.41, 5.74) is 5.93. The molecule has 5 atom stereocenters. The van der Waals surface area contributed by atoms with Gasteiger partial charge in [-0.15, -0.1) is 0 Å². The topological polar surface area (TPSA) is 70.2 Å². The second-order valence-electron chi connectivity index (χ2n) is 9.98. The number of amides is 2. The van der Waals surface area contributed by atoms with Crippen molar-refractivity contribution in [2.24, 2.45) is 17.8 Å². The highest BCUT2D eigenvalue weighted by atomic mass is 16.2. The normalized spacial score (nSPS) is 26.2. The van der Waals surface area contributed by atoms with E-state index in [1.165, 1.54) is 43.0 Å². The van der Waals surface area contributed by atoms with Gasteiger partial charge in [0, 0.05) is 29.5 Å². The third kappa shape index (κ3) is 3.65. The largest absolute Gasteiger partial charge is 0.378 e. The second-order valence-corrected chi connectivity index (χ2v) is 9.98. The summed E-state index contributed by atoms with van der Waals surface area (Å²) in [6, 6.07) is 24.5. The Morgan fingerprint density at radius 1 is 0.853 bits per heavy atom. The first-order chi connectivity index (χ1) is 16.6. The van der Waals surface area contributed by atoms with E-state index < -0.39 is 0 Å². The van der Waals surface area contributed by atoms with Gasteiger partial charge >= 0.3 is 0 Å². The molecule has 2 bridgehead atoms. The Morgan fingerprint density at radius 2 is 1.56 bits per heavy atom. The van der Waals surface area contributed by atoms with Gasteiger partial charge in [-0.1, -0.05) is 30.3 Å². The summed E-state index contributed by atoms with van der Waals surface area (Å²) in [5, 5.41) is 9.59. The highest BCUT2D eigenvalue weighted by molar-refractivity contribution is 6.05. The molecular formula is C29H29N3O2. The first kappa shape index (κ1) is 21.0. The Hall–Kier alpha value is -3.60. The van der Waals surface area contributed by atoms with Crippen molar-refractivity contribution in [1.82, 2.24) is 0 Å². The number of fused-ring (bicyclic) bond motifs is 7. The Balaban J connectivity index is 1.27. The molecule has 3 N–H and O–H groups in total. The van der Waals surface area contributed by atoms with E-state index >= 15 is 0 Å². The van der Waals surface area contributed by atoms with E-state index in [2.05, 4.69) is 58.4 Å². The van der Waals surface area contributed by atoms with E-state index in [0.29, 0.717) is 40.7 Å². The minimum atomic E-state index is -0.118. The molecular weight excluding hydrogens is 422 g/mol. The molecule has 1 aliphatic heterocycles. The molecule has 34 heavy (non-hydrogen) atoms. The van der Waals surface area contributed by atoms with E-state index in [4.69, 9.17) is 0 Å². The van der Waals surface area contributed by atoms with E-state index in [9.17, 15) is 9.59 Å². The number of nitrogens with one attached hydrogen (secondary N) is 3. The molecule has 2 saturated carbocycles. The Labute approximate surface area is 200 Å². The van der Waals surface area contributed by atoms with Crippen LogP contribution in [-0.2, 0) is 4.79 Å². The fourth-order valence-corrected chi connectivity index (χ4v) is 6.66. The van der Waals surface area contributed by atoms with Crippen LogP contribution in [0, 0.1) is 17.8 Å².